The lowest BCUT2D eigenvalue weighted by molar-refractivity contribution is -0.121. The van der Waals surface area contributed by atoms with Crippen LogP contribution in [0.4, 0.5) is 10.5 Å². The van der Waals surface area contributed by atoms with E-state index in [2.05, 4.69) is 16.3 Å². The van der Waals surface area contributed by atoms with Crippen LogP contribution in [0.1, 0.15) is 11.1 Å². The number of carbonyl (C=O) groups excluding carboxylic acids is 2. The Morgan fingerprint density at radius 1 is 1.23 bits per heavy atom. The van der Waals surface area contributed by atoms with E-state index in [9.17, 15) is 9.59 Å². The number of carbonyl (C=O) groups is 2. The number of rotatable bonds is 2. The standard InChI is InChI=1S/C16H19N3O3/c1-11-9-12(10-13-15(20)18(2)16(21)17-13)3-4-14(11)19-5-7-22-8-6-19/h3-4,9-10H,5-8H2,1-2H3,(H,17,21)/b13-10+. The zero-order valence-electron chi connectivity index (χ0n) is 12.8. The Morgan fingerprint density at radius 2 is 1.95 bits per heavy atom. The Bertz CT molecular complexity index is 648. The summed E-state index contributed by atoms with van der Waals surface area (Å²) in [7, 11) is 1.46. The second-order valence-corrected chi connectivity index (χ2v) is 5.50. The maximum atomic E-state index is 11.9. The minimum atomic E-state index is -0.391. The number of hydrogen-bond acceptors (Lipinski definition) is 4. The van der Waals surface area contributed by atoms with Gasteiger partial charge in [-0.2, -0.15) is 0 Å². The number of aryl methyl sites for hydroxylation is 1. The summed E-state index contributed by atoms with van der Waals surface area (Å²) in [6, 6.07) is 5.65. The van der Waals surface area contributed by atoms with Gasteiger partial charge in [-0.05, 0) is 36.3 Å². The molecular formula is C16H19N3O3. The molecule has 6 nitrogen and oxygen atoms in total. The maximum Gasteiger partial charge on any atom is 0.328 e. The van der Waals surface area contributed by atoms with Gasteiger partial charge in [0.2, 0.25) is 0 Å². The van der Waals surface area contributed by atoms with Gasteiger partial charge in [0, 0.05) is 25.8 Å². The molecule has 2 heterocycles. The van der Waals surface area contributed by atoms with Gasteiger partial charge < -0.3 is 15.0 Å². The molecule has 2 aliphatic heterocycles. The normalized spacial score (nSPS) is 20.7. The largest absolute Gasteiger partial charge is 0.378 e. The molecule has 0 bridgehead atoms. The molecule has 0 aromatic heterocycles. The lowest BCUT2D eigenvalue weighted by Crippen LogP contribution is -2.36. The van der Waals surface area contributed by atoms with Crippen molar-refractivity contribution in [2.45, 2.75) is 6.92 Å². The van der Waals surface area contributed by atoms with E-state index in [1.54, 1.807) is 6.08 Å². The van der Waals surface area contributed by atoms with E-state index >= 15 is 0 Å². The van der Waals surface area contributed by atoms with Crippen LogP contribution in [0.2, 0.25) is 0 Å². The molecule has 0 spiro atoms. The minimum Gasteiger partial charge on any atom is -0.378 e. The molecule has 0 radical (unpaired) electrons. The number of likely N-dealkylation sites (N-methyl/N-ethyl adjacent to an activating group) is 1. The van der Waals surface area contributed by atoms with Crippen molar-refractivity contribution in [3.8, 4) is 0 Å². The molecule has 3 rings (SSSR count). The summed E-state index contributed by atoms with van der Waals surface area (Å²) in [5.74, 6) is -0.306. The highest BCUT2D eigenvalue weighted by Gasteiger charge is 2.29. The Kier molecular flexibility index (Phi) is 3.85. The molecule has 2 fully saturated rings. The third-order valence-electron chi connectivity index (χ3n) is 3.96. The zero-order chi connectivity index (χ0) is 15.7. The van der Waals surface area contributed by atoms with Crippen LogP contribution in [0, 0.1) is 6.92 Å². The highest BCUT2D eigenvalue weighted by molar-refractivity contribution is 6.13. The molecule has 6 heteroatoms. The van der Waals surface area contributed by atoms with Gasteiger partial charge in [-0.1, -0.05) is 6.07 Å². The molecule has 1 aromatic rings. The van der Waals surface area contributed by atoms with Crippen molar-refractivity contribution in [2.75, 3.05) is 38.3 Å². The maximum absolute atomic E-state index is 11.9. The number of morpholine rings is 1. The van der Waals surface area contributed by atoms with Crippen molar-refractivity contribution in [1.82, 2.24) is 10.2 Å². The zero-order valence-corrected chi connectivity index (χ0v) is 12.8. The predicted molar refractivity (Wildman–Crippen MR) is 83.5 cm³/mol. The number of nitrogens with one attached hydrogen (secondary N) is 1. The second-order valence-electron chi connectivity index (χ2n) is 5.50. The third kappa shape index (κ3) is 2.69. The Morgan fingerprint density at radius 3 is 2.55 bits per heavy atom. The number of amides is 3. The quantitative estimate of drug-likeness (QED) is 0.662. The van der Waals surface area contributed by atoms with Crippen LogP contribution in [0.25, 0.3) is 6.08 Å². The van der Waals surface area contributed by atoms with Gasteiger partial charge in [-0.15, -0.1) is 0 Å². The average Bonchev–Trinajstić information content (AvgIpc) is 2.76. The molecule has 1 N–H and O–H groups in total. The summed E-state index contributed by atoms with van der Waals surface area (Å²) in [4.78, 5) is 26.7. The Labute approximate surface area is 129 Å². The molecule has 0 saturated carbocycles. The van der Waals surface area contributed by atoms with E-state index in [0.29, 0.717) is 5.70 Å². The lowest BCUT2D eigenvalue weighted by Gasteiger charge is -2.30. The van der Waals surface area contributed by atoms with Gasteiger partial charge in [-0.3, -0.25) is 9.69 Å². The second kappa shape index (κ2) is 5.81. The number of nitrogens with zero attached hydrogens (tertiary/aromatic N) is 2. The SMILES string of the molecule is Cc1cc(/C=C2/NC(=O)N(C)C2=O)ccc1N1CCOCC1. The fourth-order valence-electron chi connectivity index (χ4n) is 2.72. The molecule has 0 aliphatic carbocycles. The number of urea groups is 1. The third-order valence-corrected chi connectivity index (χ3v) is 3.96. The van der Waals surface area contributed by atoms with Gasteiger partial charge in [-0.25, -0.2) is 4.79 Å². The first-order valence-electron chi connectivity index (χ1n) is 7.30. The smallest absolute Gasteiger partial charge is 0.328 e. The van der Waals surface area contributed by atoms with E-state index in [1.165, 1.54) is 12.7 Å². The topological polar surface area (TPSA) is 61.9 Å². The van der Waals surface area contributed by atoms with E-state index in [-0.39, 0.29) is 5.91 Å². The van der Waals surface area contributed by atoms with Crippen LogP contribution in [0.3, 0.4) is 0 Å². The van der Waals surface area contributed by atoms with E-state index in [0.717, 1.165) is 42.3 Å². The van der Waals surface area contributed by atoms with Gasteiger partial charge in [0.15, 0.2) is 0 Å². The molecule has 2 aliphatic rings. The van der Waals surface area contributed by atoms with Crippen LogP contribution in [-0.2, 0) is 9.53 Å². The Hall–Kier alpha value is -2.34. The van der Waals surface area contributed by atoms with E-state index in [4.69, 9.17) is 4.74 Å². The summed E-state index contributed by atoms with van der Waals surface area (Å²) < 4.78 is 5.37. The number of benzene rings is 1. The van der Waals surface area contributed by atoms with Gasteiger partial charge in [0.25, 0.3) is 5.91 Å². The first kappa shape index (κ1) is 14.6. The summed E-state index contributed by atoms with van der Waals surface area (Å²) in [5, 5.41) is 2.57. The summed E-state index contributed by atoms with van der Waals surface area (Å²) in [6.45, 7) is 5.32. The van der Waals surface area contributed by atoms with Crippen molar-refractivity contribution < 1.29 is 14.3 Å². The number of anilines is 1. The van der Waals surface area contributed by atoms with Crippen molar-refractivity contribution in [1.29, 1.82) is 0 Å². The van der Waals surface area contributed by atoms with Crippen LogP contribution in [-0.4, -0.2) is 50.2 Å². The summed E-state index contributed by atoms with van der Waals surface area (Å²) in [5.41, 5.74) is 3.53. The van der Waals surface area contributed by atoms with Crippen molar-refractivity contribution in [2.24, 2.45) is 0 Å². The number of hydrogen-bond donors (Lipinski definition) is 1. The van der Waals surface area contributed by atoms with Crippen molar-refractivity contribution in [3.63, 3.8) is 0 Å². The lowest BCUT2D eigenvalue weighted by atomic mass is 10.1. The van der Waals surface area contributed by atoms with E-state index in [1.807, 2.05) is 19.1 Å². The van der Waals surface area contributed by atoms with Gasteiger partial charge >= 0.3 is 6.03 Å². The summed E-state index contributed by atoms with van der Waals surface area (Å²) in [6.07, 6.45) is 1.71. The first-order valence-corrected chi connectivity index (χ1v) is 7.30. The molecular weight excluding hydrogens is 282 g/mol. The Balaban J connectivity index is 1.83. The molecule has 3 amide bonds. The van der Waals surface area contributed by atoms with Crippen LogP contribution in [0.5, 0.6) is 0 Å². The molecule has 0 atom stereocenters. The number of ether oxygens (including phenoxy) is 1. The monoisotopic (exact) mass is 301 g/mol. The highest BCUT2D eigenvalue weighted by atomic mass is 16.5. The highest BCUT2D eigenvalue weighted by Crippen LogP contribution is 2.23. The predicted octanol–water partition coefficient (Wildman–Crippen LogP) is 1.35. The van der Waals surface area contributed by atoms with Crippen LogP contribution in [0.15, 0.2) is 23.9 Å². The fraction of sp³-hybridized carbons (Fsp3) is 0.375. The fourth-order valence-corrected chi connectivity index (χ4v) is 2.72. The average molecular weight is 301 g/mol. The van der Waals surface area contributed by atoms with Crippen LogP contribution < -0.4 is 10.2 Å². The van der Waals surface area contributed by atoms with Crippen LogP contribution >= 0.6 is 0 Å². The van der Waals surface area contributed by atoms with Crippen molar-refractivity contribution >= 4 is 23.7 Å². The molecule has 1 aromatic carbocycles. The molecule has 2 saturated heterocycles. The van der Waals surface area contributed by atoms with E-state index < -0.39 is 6.03 Å². The summed E-state index contributed by atoms with van der Waals surface area (Å²) >= 11 is 0. The first-order chi connectivity index (χ1) is 10.6. The molecule has 0 unspecified atom stereocenters. The molecule has 22 heavy (non-hydrogen) atoms. The number of imide groups is 1. The minimum absolute atomic E-state index is 0.306. The van der Waals surface area contributed by atoms with Crippen molar-refractivity contribution in [3.05, 3.63) is 35.0 Å². The molecule has 116 valence electrons. The van der Waals surface area contributed by atoms with Gasteiger partial charge in [0.1, 0.15) is 5.70 Å². The van der Waals surface area contributed by atoms with Gasteiger partial charge in [0.05, 0.1) is 13.2 Å².